The van der Waals surface area contributed by atoms with E-state index in [1.165, 1.54) is 5.70 Å². The van der Waals surface area contributed by atoms with E-state index < -0.39 is 0 Å². The molecule has 3 unspecified atom stereocenters. The van der Waals surface area contributed by atoms with Crippen LogP contribution in [0, 0.1) is 0 Å². The summed E-state index contributed by atoms with van der Waals surface area (Å²) in [6, 6.07) is 2.78. The maximum Gasteiger partial charge on any atom is 0.169 e. The number of allylic oxidation sites excluding steroid dienone is 5. The number of aromatic nitrogens is 2. The average Bonchev–Trinajstić information content (AvgIpc) is 3.19. The van der Waals surface area contributed by atoms with Gasteiger partial charge in [0.1, 0.15) is 12.0 Å². The molecule has 37 heavy (non-hydrogen) atoms. The average molecular weight is 507 g/mol. The molecule has 3 atom stereocenters. The summed E-state index contributed by atoms with van der Waals surface area (Å²) in [5.74, 6) is 0.808. The second kappa shape index (κ2) is 10.7. The molecule has 3 saturated heterocycles. The van der Waals surface area contributed by atoms with Gasteiger partial charge in [0.25, 0.3) is 0 Å². The van der Waals surface area contributed by atoms with Crippen molar-refractivity contribution in [1.82, 2.24) is 30.6 Å². The van der Waals surface area contributed by atoms with Crippen LogP contribution in [-0.2, 0) is 4.74 Å². The maximum atomic E-state index is 10.4. The number of nitrogens with two attached hydrogens (primary N) is 1. The fraction of sp³-hybridized carbons (Fsp3) is 0.556. The third-order valence-electron chi connectivity index (χ3n) is 8.09. The van der Waals surface area contributed by atoms with Crippen LogP contribution in [0.2, 0.25) is 0 Å². The Morgan fingerprint density at radius 1 is 1.11 bits per heavy atom. The van der Waals surface area contributed by atoms with Crippen LogP contribution in [0.25, 0.3) is 5.57 Å². The summed E-state index contributed by atoms with van der Waals surface area (Å²) < 4.78 is 6.18. The smallest absolute Gasteiger partial charge is 0.169 e. The van der Waals surface area contributed by atoms with Crippen LogP contribution >= 0.6 is 0 Å². The molecule has 4 aliphatic heterocycles. The molecule has 2 bridgehead atoms. The van der Waals surface area contributed by atoms with Crippen molar-refractivity contribution in [3.63, 3.8) is 0 Å². The SMILES string of the molecule is Nc1nnc(C2=C(O)CCC=C2)cc1N1CC2CCC(C1)N2C1=CC(OCCN2CCNCC2)NC=C1. The molecular formula is C27H38N8O2. The molecule has 5 N–H and O–H groups in total. The zero-order valence-electron chi connectivity index (χ0n) is 21.4. The Morgan fingerprint density at radius 2 is 1.92 bits per heavy atom. The van der Waals surface area contributed by atoms with Gasteiger partial charge in [0.15, 0.2) is 5.82 Å². The highest BCUT2D eigenvalue weighted by Crippen LogP contribution is 2.38. The number of nitrogens with one attached hydrogen (secondary N) is 2. The summed E-state index contributed by atoms with van der Waals surface area (Å²) in [4.78, 5) is 7.38. The number of aliphatic hydroxyl groups excluding tert-OH is 1. The number of hydrogen-bond acceptors (Lipinski definition) is 10. The number of ether oxygens (including phenoxy) is 1. The van der Waals surface area contributed by atoms with Gasteiger partial charge in [-0.25, -0.2) is 0 Å². The lowest BCUT2D eigenvalue weighted by atomic mass is 10.0. The molecule has 3 fully saturated rings. The summed E-state index contributed by atoms with van der Waals surface area (Å²) in [5, 5.41) is 25.7. The Kier molecular flexibility index (Phi) is 7.04. The van der Waals surface area contributed by atoms with Crippen molar-refractivity contribution in [2.24, 2.45) is 0 Å². The molecule has 1 aromatic rings. The summed E-state index contributed by atoms with van der Waals surface area (Å²) >= 11 is 0. The second-order valence-corrected chi connectivity index (χ2v) is 10.5. The number of rotatable bonds is 7. The largest absolute Gasteiger partial charge is 0.512 e. The number of fused-ring (bicyclic) bond motifs is 2. The summed E-state index contributed by atoms with van der Waals surface area (Å²) in [7, 11) is 0. The number of piperazine rings is 2. The molecule has 6 rings (SSSR count). The lowest BCUT2D eigenvalue weighted by Crippen LogP contribution is -2.53. The van der Waals surface area contributed by atoms with Crippen LogP contribution < -0.4 is 21.3 Å². The van der Waals surface area contributed by atoms with Crippen LogP contribution in [0.5, 0.6) is 0 Å². The maximum absolute atomic E-state index is 10.4. The van der Waals surface area contributed by atoms with E-state index in [9.17, 15) is 5.11 Å². The van der Waals surface area contributed by atoms with E-state index in [0.717, 1.165) is 76.3 Å². The number of hydrogen-bond donors (Lipinski definition) is 4. The molecule has 1 aliphatic carbocycles. The van der Waals surface area contributed by atoms with Gasteiger partial charge >= 0.3 is 0 Å². The van der Waals surface area contributed by atoms with Gasteiger partial charge < -0.3 is 36.0 Å². The van der Waals surface area contributed by atoms with Gasteiger partial charge in [-0.2, -0.15) is 0 Å². The van der Waals surface area contributed by atoms with E-state index in [2.05, 4.69) is 53.8 Å². The molecule has 1 aromatic heterocycles. The normalized spacial score (nSPS) is 28.0. The lowest BCUT2D eigenvalue weighted by molar-refractivity contribution is 0.0480. The minimum atomic E-state index is -0.104. The monoisotopic (exact) mass is 506 g/mol. The number of aliphatic hydroxyl groups is 1. The van der Waals surface area contributed by atoms with E-state index in [1.54, 1.807) is 0 Å². The molecule has 0 radical (unpaired) electrons. The molecule has 0 amide bonds. The van der Waals surface area contributed by atoms with E-state index >= 15 is 0 Å². The van der Waals surface area contributed by atoms with Crippen LogP contribution in [0.15, 0.2) is 48.0 Å². The minimum Gasteiger partial charge on any atom is -0.512 e. The highest BCUT2D eigenvalue weighted by Gasteiger charge is 2.41. The summed E-state index contributed by atoms with van der Waals surface area (Å²) in [6.07, 6.45) is 14.1. The number of anilines is 2. The van der Waals surface area contributed by atoms with Gasteiger partial charge in [0, 0.05) is 81.8 Å². The molecule has 0 spiro atoms. The zero-order chi connectivity index (χ0) is 25.2. The predicted octanol–water partition coefficient (Wildman–Crippen LogP) is 1.58. The fourth-order valence-corrected chi connectivity index (χ4v) is 6.18. The first kappa shape index (κ1) is 24.3. The van der Waals surface area contributed by atoms with Gasteiger partial charge in [0.2, 0.25) is 0 Å². The van der Waals surface area contributed by atoms with Crippen molar-refractivity contribution in [2.45, 2.75) is 44.0 Å². The first-order valence-electron chi connectivity index (χ1n) is 13.6. The van der Waals surface area contributed by atoms with Crippen molar-refractivity contribution < 1.29 is 9.84 Å². The molecule has 198 valence electrons. The minimum absolute atomic E-state index is 0.104. The van der Waals surface area contributed by atoms with Gasteiger partial charge in [-0.1, -0.05) is 12.2 Å². The van der Waals surface area contributed by atoms with Crippen molar-refractivity contribution in [3.05, 3.63) is 53.7 Å². The zero-order valence-corrected chi connectivity index (χ0v) is 21.4. The van der Waals surface area contributed by atoms with Crippen molar-refractivity contribution in [2.75, 3.05) is 63.1 Å². The van der Waals surface area contributed by atoms with Gasteiger partial charge in [-0.3, -0.25) is 4.90 Å². The molecular weight excluding hydrogens is 468 g/mol. The molecule has 10 nitrogen and oxygen atoms in total. The van der Waals surface area contributed by atoms with Crippen LogP contribution in [0.4, 0.5) is 11.5 Å². The van der Waals surface area contributed by atoms with Crippen molar-refractivity contribution in [3.8, 4) is 0 Å². The Balaban J connectivity index is 1.12. The Morgan fingerprint density at radius 3 is 2.70 bits per heavy atom. The van der Waals surface area contributed by atoms with E-state index in [-0.39, 0.29) is 6.23 Å². The molecule has 5 heterocycles. The Hall–Kier alpha value is -3.08. The highest BCUT2D eigenvalue weighted by atomic mass is 16.5. The lowest BCUT2D eigenvalue weighted by Gasteiger charge is -2.44. The molecule has 0 saturated carbocycles. The van der Waals surface area contributed by atoms with E-state index in [1.807, 2.05) is 18.3 Å². The highest BCUT2D eigenvalue weighted by molar-refractivity contribution is 5.78. The Labute approximate surface area is 218 Å². The second-order valence-electron chi connectivity index (χ2n) is 10.5. The van der Waals surface area contributed by atoms with Gasteiger partial charge in [-0.15, -0.1) is 10.2 Å². The molecule has 10 heteroatoms. The number of nitrogens with zero attached hydrogens (tertiary/aromatic N) is 5. The van der Waals surface area contributed by atoms with E-state index in [0.29, 0.717) is 42.4 Å². The first-order chi connectivity index (χ1) is 18.2. The summed E-state index contributed by atoms with van der Waals surface area (Å²) in [5.41, 5.74) is 9.88. The van der Waals surface area contributed by atoms with Gasteiger partial charge in [-0.05, 0) is 37.5 Å². The third kappa shape index (κ3) is 5.18. The quantitative estimate of drug-likeness (QED) is 0.435. The molecule has 5 aliphatic rings. The fourth-order valence-electron chi connectivity index (χ4n) is 6.18. The van der Waals surface area contributed by atoms with Crippen LogP contribution in [0.3, 0.4) is 0 Å². The van der Waals surface area contributed by atoms with Crippen molar-refractivity contribution >= 4 is 17.1 Å². The standard InChI is InChI=1S/C27H38N8O2/c28-27-24(16-23(31-32-27)22-3-1-2-4-25(22)36)34-17-20-5-6-21(18-34)35(20)19-7-8-30-26(15-19)37-14-13-33-11-9-29-10-12-33/h1,3,7-8,15-16,20-21,26,29-30,36H,2,4-6,9-14,17-18H2,(H2,28,32). The van der Waals surface area contributed by atoms with Gasteiger partial charge in [0.05, 0.1) is 18.0 Å². The number of nitrogen functional groups attached to an aromatic ring is 1. The molecule has 0 aromatic carbocycles. The number of dihydropyridines is 1. The van der Waals surface area contributed by atoms with Crippen LogP contribution in [0.1, 0.15) is 31.4 Å². The third-order valence-corrected chi connectivity index (χ3v) is 8.09. The topological polar surface area (TPSA) is 115 Å². The first-order valence-corrected chi connectivity index (χ1v) is 13.6. The predicted molar refractivity (Wildman–Crippen MR) is 145 cm³/mol. The summed E-state index contributed by atoms with van der Waals surface area (Å²) in [6.45, 7) is 7.72. The van der Waals surface area contributed by atoms with Crippen molar-refractivity contribution in [1.29, 1.82) is 0 Å². The van der Waals surface area contributed by atoms with Crippen LogP contribution in [-0.4, -0.2) is 95.8 Å². The Bertz CT molecular complexity index is 1100. The van der Waals surface area contributed by atoms with E-state index in [4.69, 9.17) is 10.5 Å².